The summed E-state index contributed by atoms with van der Waals surface area (Å²) in [4.78, 5) is 12.0. The standard InChI is InChI=1S/C19H20ClN3OS/c1-3-13-11-25-19-22-17(15-6-4-5-9-21-15)18(23(13)19)12-7-8-16(24-2)14(20)10-12/h4-10,13,17-18H,3,11H2,1-2H3/t13-,17+,18-/m1/s1. The van der Waals surface area contributed by atoms with Crippen molar-refractivity contribution >= 4 is 28.5 Å². The van der Waals surface area contributed by atoms with E-state index >= 15 is 0 Å². The Bertz CT molecular complexity index is 799. The van der Waals surface area contributed by atoms with E-state index in [2.05, 4.69) is 28.9 Å². The minimum absolute atomic E-state index is 0.0116. The van der Waals surface area contributed by atoms with Crippen LogP contribution in [0.2, 0.25) is 5.02 Å². The summed E-state index contributed by atoms with van der Waals surface area (Å²) in [6, 6.07) is 12.7. The molecule has 4 nitrogen and oxygen atoms in total. The van der Waals surface area contributed by atoms with Gasteiger partial charge >= 0.3 is 0 Å². The van der Waals surface area contributed by atoms with Crippen molar-refractivity contribution in [2.24, 2.45) is 4.99 Å². The largest absolute Gasteiger partial charge is 0.495 e. The Morgan fingerprint density at radius 1 is 1.32 bits per heavy atom. The molecule has 0 saturated carbocycles. The van der Waals surface area contributed by atoms with Gasteiger partial charge in [-0.25, -0.2) is 0 Å². The molecule has 3 heterocycles. The van der Waals surface area contributed by atoms with E-state index < -0.39 is 0 Å². The Morgan fingerprint density at radius 2 is 2.20 bits per heavy atom. The molecule has 1 aromatic heterocycles. The third-order valence-electron chi connectivity index (χ3n) is 4.85. The SMILES string of the molecule is CC[C@@H]1CSC2=N[C@@H](c3ccccn3)[C@@H](c3ccc(OC)c(Cl)c3)N21. The van der Waals surface area contributed by atoms with Gasteiger partial charge in [0.1, 0.15) is 11.8 Å². The summed E-state index contributed by atoms with van der Waals surface area (Å²) in [7, 11) is 1.64. The van der Waals surface area contributed by atoms with Crippen molar-refractivity contribution < 1.29 is 4.74 Å². The number of pyridine rings is 1. The van der Waals surface area contributed by atoms with E-state index in [-0.39, 0.29) is 12.1 Å². The van der Waals surface area contributed by atoms with Crippen molar-refractivity contribution in [3.63, 3.8) is 0 Å². The first kappa shape index (κ1) is 16.7. The number of hydrogen-bond acceptors (Lipinski definition) is 5. The Kier molecular flexibility index (Phi) is 4.61. The van der Waals surface area contributed by atoms with Gasteiger partial charge in [0.05, 0.1) is 23.9 Å². The summed E-state index contributed by atoms with van der Waals surface area (Å²) >= 11 is 8.26. The fourth-order valence-electron chi connectivity index (χ4n) is 3.58. The second-order valence-corrected chi connectivity index (χ2v) is 7.62. The molecule has 2 aromatic rings. The van der Waals surface area contributed by atoms with Gasteiger partial charge in [0, 0.05) is 18.0 Å². The molecule has 4 rings (SSSR count). The van der Waals surface area contributed by atoms with Gasteiger partial charge in [0.15, 0.2) is 5.17 Å². The third-order valence-corrected chi connectivity index (χ3v) is 6.27. The zero-order valence-electron chi connectivity index (χ0n) is 14.2. The summed E-state index contributed by atoms with van der Waals surface area (Å²) in [5, 5.41) is 1.76. The van der Waals surface area contributed by atoms with Crippen LogP contribution in [-0.4, -0.2) is 34.0 Å². The number of rotatable bonds is 4. The molecule has 3 atom stereocenters. The second-order valence-electron chi connectivity index (χ2n) is 6.23. The van der Waals surface area contributed by atoms with E-state index in [4.69, 9.17) is 21.3 Å². The fraction of sp³-hybridized carbons (Fsp3) is 0.368. The molecule has 0 radical (unpaired) electrons. The number of aliphatic imine (C=N–C) groups is 1. The third kappa shape index (κ3) is 2.89. The predicted octanol–water partition coefficient (Wildman–Crippen LogP) is 4.72. The fourth-order valence-corrected chi connectivity index (χ4v) is 5.18. The molecule has 1 aromatic carbocycles. The topological polar surface area (TPSA) is 37.7 Å². The molecule has 0 aliphatic carbocycles. The molecule has 2 aliphatic rings. The van der Waals surface area contributed by atoms with Crippen LogP contribution >= 0.6 is 23.4 Å². The molecule has 2 aliphatic heterocycles. The van der Waals surface area contributed by atoms with Crippen LogP contribution in [0.5, 0.6) is 5.75 Å². The summed E-state index contributed by atoms with van der Waals surface area (Å²) in [6.07, 6.45) is 2.93. The minimum atomic E-state index is -0.0116. The highest BCUT2D eigenvalue weighted by atomic mass is 35.5. The van der Waals surface area contributed by atoms with E-state index in [0.29, 0.717) is 16.8 Å². The van der Waals surface area contributed by atoms with Gasteiger partial charge < -0.3 is 9.64 Å². The average Bonchev–Trinajstić information content (AvgIpc) is 3.21. The van der Waals surface area contributed by atoms with Crippen LogP contribution in [0.4, 0.5) is 0 Å². The van der Waals surface area contributed by atoms with Crippen molar-refractivity contribution in [3.05, 3.63) is 58.9 Å². The van der Waals surface area contributed by atoms with Crippen LogP contribution in [0.1, 0.15) is 36.7 Å². The Balaban J connectivity index is 1.79. The highest BCUT2D eigenvalue weighted by molar-refractivity contribution is 8.14. The second kappa shape index (κ2) is 6.89. The lowest BCUT2D eigenvalue weighted by atomic mass is 9.95. The zero-order chi connectivity index (χ0) is 17.4. The monoisotopic (exact) mass is 373 g/mol. The average molecular weight is 374 g/mol. The molecule has 1 saturated heterocycles. The molecule has 0 amide bonds. The smallest absolute Gasteiger partial charge is 0.160 e. The Labute approximate surface area is 157 Å². The highest BCUT2D eigenvalue weighted by Gasteiger charge is 2.45. The van der Waals surface area contributed by atoms with E-state index in [0.717, 1.165) is 28.6 Å². The van der Waals surface area contributed by atoms with Crippen LogP contribution in [0, 0.1) is 0 Å². The van der Waals surface area contributed by atoms with Gasteiger partial charge in [0.25, 0.3) is 0 Å². The molecular weight excluding hydrogens is 354 g/mol. The quantitative estimate of drug-likeness (QED) is 0.776. The van der Waals surface area contributed by atoms with E-state index in [1.165, 1.54) is 0 Å². The molecule has 130 valence electrons. The summed E-state index contributed by atoms with van der Waals surface area (Å²) in [6.45, 7) is 2.24. The van der Waals surface area contributed by atoms with Gasteiger partial charge in [-0.2, -0.15) is 0 Å². The van der Waals surface area contributed by atoms with Crippen molar-refractivity contribution in [2.45, 2.75) is 31.5 Å². The number of fused-ring (bicyclic) bond motifs is 1. The minimum Gasteiger partial charge on any atom is -0.495 e. The summed E-state index contributed by atoms with van der Waals surface area (Å²) in [5.74, 6) is 1.78. The van der Waals surface area contributed by atoms with Gasteiger partial charge in [-0.05, 0) is 36.2 Å². The van der Waals surface area contributed by atoms with Crippen LogP contribution in [-0.2, 0) is 0 Å². The number of halogens is 1. The number of thioether (sulfide) groups is 1. The summed E-state index contributed by atoms with van der Waals surface area (Å²) < 4.78 is 5.31. The molecule has 0 bridgehead atoms. The molecule has 1 fully saturated rings. The Hall–Kier alpha value is -1.72. The first-order valence-corrected chi connectivity index (χ1v) is 9.82. The van der Waals surface area contributed by atoms with Crippen molar-refractivity contribution in [1.82, 2.24) is 9.88 Å². The maximum absolute atomic E-state index is 6.41. The van der Waals surface area contributed by atoms with Gasteiger partial charge in [-0.1, -0.05) is 42.4 Å². The molecule has 25 heavy (non-hydrogen) atoms. The molecular formula is C19H20ClN3OS. The lowest BCUT2D eigenvalue weighted by Crippen LogP contribution is -2.35. The van der Waals surface area contributed by atoms with Crippen LogP contribution in [0.25, 0.3) is 0 Å². The first-order valence-electron chi connectivity index (χ1n) is 8.46. The van der Waals surface area contributed by atoms with E-state index in [1.807, 2.05) is 42.2 Å². The number of methoxy groups -OCH3 is 1. The van der Waals surface area contributed by atoms with Crippen LogP contribution in [0.3, 0.4) is 0 Å². The van der Waals surface area contributed by atoms with Crippen molar-refractivity contribution in [2.75, 3.05) is 12.9 Å². The normalized spacial score (nSPS) is 25.0. The van der Waals surface area contributed by atoms with E-state index in [9.17, 15) is 0 Å². The van der Waals surface area contributed by atoms with Crippen LogP contribution < -0.4 is 4.74 Å². The number of benzene rings is 1. The lowest BCUT2D eigenvalue weighted by Gasteiger charge is -2.32. The highest BCUT2D eigenvalue weighted by Crippen LogP contribution is 2.49. The first-order chi connectivity index (χ1) is 12.2. The molecule has 0 N–H and O–H groups in total. The molecule has 0 unspecified atom stereocenters. The van der Waals surface area contributed by atoms with Gasteiger partial charge in [0.2, 0.25) is 0 Å². The maximum atomic E-state index is 6.41. The van der Waals surface area contributed by atoms with Crippen LogP contribution in [0.15, 0.2) is 47.6 Å². The zero-order valence-corrected chi connectivity index (χ0v) is 15.8. The molecule has 6 heteroatoms. The number of hydrogen-bond donors (Lipinski definition) is 0. The predicted molar refractivity (Wildman–Crippen MR) is 104 cm³/mol. The number of nitrogens with zero attached hydrogens (tertiary/aromatic N) is 3. The van der Waals surface area contributed by atoms with E-state index in [1.54, 1.807) is 7.11 Å². The lowest BCUT2D eigenvalue weighted by molar-refractivity contribution is 0.255. The van der Waals surface area contributed by atoms with Crippen molar-refractivity contribution in [3.8, 4) is 5.75 Å². The number of amidine groups is 1. The number of ether oxygens (including phenoxy) is 1. The van der Waals surface area contributed by atoms with Crippen molar-refractivity contribution in [1.29, 1.82) is 0 Å². The summed E-state index contributed by atoms with van der Waals surface area (Å²) in [5.41, 5.74) is 2.15. The van der Waals surface area contributed by atoms with Gasteiger partial charge in [-0.3, -0.25) is 9.98 Å². The van der Waals surface area contributed by atoms with Gasteiger partial charge in [-0.15, -0.1) is 0 Å². The Morgan fingerprint density at radius 3 is 2.88 bits per heavy atom. The number of aromatic nitrogens is 1. The maximum Gasteiger partial charge on any atom is 0.160 e. The molecule has 0 spiro atoms.